The van der Waals surface area contributed by atoms with Crippen LogP contribution in [0.1, 0.15) is 93.4 Å². The summed E-state index contributed by atoms with van der Waals surface area (Å²) in [6.07, 6.45) is 2.72. The molecule has 2 rings (SSSR count). The molecule has 8 nitrogen and oxygen atoms in total. The lowest BCUT2D eigenvalue weighted by molar-refractivity contribution is -0.138. The van der Waals surface area contributed by atoms with Gasteiger partial charge in [-0.3, -0.25) is 29.0 Å². The summed E-state index contributed by atoms with van der Waals surface area (Å²) >= 11 is 11.3. The average Bonchev–Trinajstić information content (AvgIpc) is 3.25. The summed E-state index contributed by atoms with van der Waals surface area (Å²) in [6.45, 7) is 15.6. The summed E-state index contributed by atoms with van der Waals surface area (Å²) < 4.78 is 0. The third-order valence-corrected chi connectivity index (χ3v) is 8.12. The van der Waals surface area contributed by atoms with Crippen molar-refractivity contribution in [2.45, 2.75) is 99.6 Å². The second kappa shape index (κ2) is 12.7. The van der Waals surface area contributed by atoms with Gasteiger partial charge in [0.25, 0.3) is 0 Å². The highest BCUT2D eigenvalue weighted by Gasteiger charge is 2.51. The van der Waals surface area contributed by atoms with Crippen molar-refractivity contribution in [1.29, 1.82) is 0 Å². The number of thiocarbonyl (C=S) groups is 2. The third-order valence-electron chi connectivity index (χ3n) is 7.21. The molecule has 0 saturated carbocycles. The van der Waals surface area contributed by atoms with Crippen LogP contribution in [0.3, 0.4) is 0 Å². The maximum atomic E-state index is 13.1. The molecule has 2 amide bonds. The van der Waals surface area contributed by atoms with Crippen LogP contribution >= 0.6 is 24.4 Å². The van der Waals surface area contributed by atoms with E-state index in [1.54, 1.807) is 0 Å². The minimum atomic E-state index is -0.715. The molecule has 0 N–H and O–H groups in total. The predicted octanol–water partition coefficient (Wildman–Crippen LogP) is 4.15. The Morgan fingerprint density at radius 3 is 1.51 bits per heavy atom. The number of carbonyl (C=O) groups is 4. The van der Waals surface area contributed by atoms with E-state index in [1.165, 1.54) is 9.80 Å². The van der Waals surface area contributed by atoms with Crippen molar-refractivity contribution in [2.24, 2.45) is 10.8 Å². The molecule has 2 fully saturated rings. The molecule has 2 aliphatic rings. The highest BCUT2D eigenvalue weighted by Crippen LogP contribution is 2.37. The minimum Gasteiger partial charge on any atom is -0.340 e. The minimum absolute atomic E-state index is 0.0754. The lowest BCUT2D eigenvalue weighted by atomic mass is 9.81. The van der Waals surface area contributed by atoms with Crippen molar-refractivity contribution in [2.75, 3.05) is 26.2 Å². The van der Waals surface area contributed by atoms with Crippen molar-refractivity contribution in [1.82, 2.24) is 19.6 Å². The molecule has 0 bridgehead atoms. The normalized spacial score (nSPS) is 17.2. The first-order valence-electron chi connectivity index (χ1n) is 13.4. The quantitative estimate of drug-likeness (QED) is 0.297. The van der Waals surface area contributed by atoms with Gasteiger partial charge in [-0.1, -0.05) is 34.6 Å². The fourth-order valence-corrected chi connectivity index (χ4v) is 5.55. The zero-order valence-electron chi connectivity index (χ0n) is 23.6. The van der Waals surface area contributed by atoms with Crippen LogP contribution in [0.4, 0.5) is 0 Å². The van der Waals surface area contributed by atoms with E-state index in [-0.39, 0.29) is 48.3 Å². The topological polar surface area (TPSA) is 81.2 Å². The zero-order chi connectivity index (χ0) is 28.1. The van der Waals surface area contributed by atoms with Crippen LogP contribution in [-0.2, 0) is 19.2 Å². The summed E-state index contributed by atoms with van der Waals surface area (Å²) in [7, 11) is 0. The van der Waals surface area contributed by atoms with Gasteiger partial charge in [0.1, 0.15) is 17.7 Å². The number of amides is 2. The number of rotatable bonds is 14. The Balaban J connectivity index is 2.11. The summed E-state index contributed by atoms with van der Waals surface area (Å²) in [6, 6.07) is 0. The zero-order valence-corrected chi connectivity index (χ0v) is 25.2. The van der Waals surface area contributed by atoms with Gasteiger partial charge in [-0.05, 0) is 63.0 Å². The van der Waals surface area contributed by atoms with E-state index in [1.807, 2.05) is 37.5 Å². The summed E-state index contributed by atoms with van der Waals surface area (Å²) in [5.74, 6) is -0.0659. The van der Waals surface area contributed by atoms with Gasteiger partial charge >= 0.3 is 0 Å². The van der Waals surface area contributed by atoms with Gasteiger partial charge in [-0.2, -0.15) is 0 Å². The van der Waals surface area contributed by atoms with E-state index in [0.29, 0.717) is 55.4 Å². The Hall–Kier alpha value is -1.94. The summed E-state index contributed by atoms with van der Waals surface area (Å²) in [5.41, 5.74) is -0.543. The van der Waals surface area contributed by atoms with Crippen LogP contribution in [0.15, 0.2) is 0 Å². The number of Topliss-reactive ketones (excluding diaryl/α,β-unsaturated/α-hetero) is 2. The van der Waals surface area contributed by atoms with Crippen LogP contribution in [0, 0.1) is 10.8 Å². The molecular formula is C27H44N4O4S2. The molecule has 0 radical (unpaired) electrons. The Kier molecular flexibility index (Phi) is 10.8. The molecular weight excluding hydrogens is 508 g/mol. The number of nitrogens with zero attached hydrogens (tertiary/aromatic N) is 4. The number of hydrogen-bond acceptors (Lipinski definition) is 6. The van der Waals surface area contributed by atoms with Crippen LogP contribution in [0.2, 0.25) is 0 Å². The lowest BCUT2D eigenvalue weighted by Gasteiger charge is -2.44. The molecule has 0 aliphatic carbocycles. The van der Waals surface area contributed by atoms with Crippen molar-refractivity contribution >= 4 is 58.0 Å². The molecule has 0 aromatic heterocycles. The average molecular weight is 553 g/mol. The highest BCUT2D eigenvalue weighted by molar-refractivity contribution is 7.80. The maximum Gasteiger partial charge on any atom is 0.250 e. The van der Waals surface area contributed by atoms with Crippen molar-refractivity contribution in [3.05, 3.63) is 0 Å². The molecule has 37 heavy (non-hydrogen) atoms. The van der Waals surface area contributed by atoms with Crippen LogP contribution in [-0.4, -0.2) is 85.6 Å². The molecule has 0 aromatic carbocycles. The first kappa shape index (κ1) is 31.3. The van der Waals surface area contributed by atoms with Gasteiger partial charge in [0.15, 0.2) is 10.2 Å². The molecule has 0 unspecified atom stereocenters. The van der Waals surface area contributed by atoms with Crippen LogP contribution in [0.25, 0.3) is 0 Å². The lowest BCUT2D eigenvalue weighted by Crippen LogP contribution is -2.60. The Morgan fingerprint density at radius 2 is 1.16 bits per heavy atom. The number of hydrogen-bond donors (Lipinski definition) is 0. The second-order valence-corrected chi connectivity index (χ2v) is 12.7. The first-order valence-corrected chi connectivity index (χ1v) is 14.2. The van der Waals surface area contributed by atoms with E-state index in [9.17, 15) is 19.2 Å². The Bertz CT molecular complexity index is 886. The van der Waals surface area contributed by atoms with Crippen molar-refractivity contribution < 1.29 is 19.2 Å². The van der Waals surface area contributed by atoms with Crippen molar-refractivity contribution in [3.63, 3.8) is 0 Å². The number of carbonyl (C=O) groups excluding carboxylic acids is 4. The van der Waals surface area contributed by atoms with Crippen LogP contribution in [0.5, 0.6) is 0 Å². The molecule has 10 heteroatoms. The van der Waals surface area contributed by atoms with Gasteiger partial charge in [-0.15, -0.1) is 0 Å². The molecule has 2 heterocycles. The maximum absolute atomic E-state index is 13.1. The van der Waals surface area contributed by atoms with E-state index in [4.69, 9.17) is 24.4 Å². The highest BCUT2D eigenvalue weighted by atomic mass is 32.1. The second-order valence-electron chi connectivity index (χ2n) is 12.0. The number of likely N-dealkylation sites (N-methyl/N-ethyl adjacent to an activating group) is 2. The van der Waals surface area contributed by atoms with Gasteiger partial charge in [0, 0.05) is 44.2 Å². The molecule has 208 valence electrons. The van der Waals surface area contributed by atoms with E-state index in [0.717, 1.165) is 6.42 Å². The fraction of sp³-hybridized carbons (Fsp3) is 0.778. The third kappa shape index (κ3) is 8.02. The van der Waals surface area contributed by atoms with Crippen molar-refractivity contribution in [3.8, 4) is 0 Å². The Labute approximate surface area is 233 Å². The molecule has 2 aliphatic heterocycles. The monoisotopic (exact) mass is 552 g/mol. The fourth-order valence-electron chi connectivity index (χ4n) is 4.76. The first-order chi connectivity index (χ1) is 17.1. The standard InChI is InChI=1S/C27H44N4O4S2/c1-8-28-17-21(34)30(24(28)36)23(31-22(35)18-29(9-2)25(31)37)27(6,7)16-14-20(33)12-10-11-19(32)13-15-26(3,4)5/h23H,8-18H2,1-7H3. The molecule has 0 aromatic rings. The predicted molar refractivity (Wildman–Crippen MR) is 153 cm³/mol. The summed E-state index contributed by atoms with van der Waals surface area (Å²) in [5, 5.41) is 0.771. The van der Waals surface area contributed by atoms with Gasteiger partial charge in [0.05, 0.1) is 13.1 Å². The van der Waals surface area contributed by atoms with E-state index in [2.05, 4.69) is 20.8 Å². The van der Waals surface area contributed by atoms with E-state index < -0.39 is 11.6 Å². The molecule has 0 atom stereocenters. The van der Waals surface area contributed by atoms with Crippen LogP contribution < -0.4 is 0 Å². The molecule has 2 saturated heterocycles. The van der Waals surface area contributed by atoms with Gasteiger partial charge in [-0.25, -0.2) is 0 Å². The largest absolute Gasteiger partial charge is 0.340 e. The Morgan fingerprint density at radius 1 is 0.757 bits per heavy atom. The SMILES string of the molecule is CCN1CC(=O)N(C(N2C(=O)CN(CC)C2=S)C(C)(C)CCC(=O)CCCC(=O)CCC(C)(C)C)C1=S. The van der Waals surface area contributed by atoms with Gasteiger partial charge < -0.3 is 9.80 Å². The summed E-state index contributed by atoms with van der Waals surface area (Å²) in [4.78, 5) is 57.9. The molecule has 0 spiro atoms. The van der Waals surface area contributed by atoms with Gasteiger partial charge in [0.2, 0.25) is 11.8 Å². The smallest absolute Gasteiger partial charge is 0.250 e. The van der Waals surface area contributed by atoms with E-state index >= 15 is 0 Å². The number of ketones is 2.